The highest BCUT2D eigenvalue weighted by Gasteiger charge is 2.38. The van der Waals surface area contributed by atoms with Gasteiger partial charge in [0.2, 0.25) is 0 Å². The van der Waals surface area contributed by atoms with Crippen LogP contribution >= 0.6 is 0 Å². The molecule has 3 nitrogen and oxygen atoms in total. The van der Waals surface area contributed by atoms with E-state index >= 15 is 0 Å². The predicted molar refractivity (Wildman–Crippen MR) is 90.5 cm³/mol. The van der Waals surface area contributed by atoms with Crippen molar-refractivity contribution in [3.05, 3.63) is 53.8 Å². The summed E-state index contributed by atoms with van der Waals surface area (Å²) in [6.07, 6.45) is 2.32. The Balaban J connectivity index is 1.88. The Labute approximate surface area is 135 Å². The molecule has 0 unspecified atom stereocenters. The van der Waals surface area contributed by atoms with Crippen molar-refractivity contribution >= 4 is 11.6 Å². The zero-order chi connectivity index (χ0) is 16.6. The number of nitrogen functional groups attached to an aromatic ring is 1. The first-order valence-electron chi connectivity index (χ1n) is 7.84. The molecule has 0 atom stereocenters. The lowest BCUT2D eigenvalue weighted by Gasteiger charge is -2.26. The van der Waals surface area contributed by atoms with E-state index in [1.807, 2.05) is 0 Å². The Hall–Kier alpha value is -2.36. The van der Waals surface area contributed by atoms with Gasteiger partial charge in [-0.15, -0.1) is 0 Å². The summed E-state index contributed by atoms with van der Waals surface area (Å²) in [6.45, 7) is 4.10. The van der Waals surface area contributed by atoms with Crippen molar-refractivity contribution in [2.75, 3.05) is 5.73 Å². The highest BCUT2D eigenvalue weighted by atomic mass is 19.1. The first-order chi connectivity index (χ1) is 10.8. The van der Waals surface area contributed by atoms with Crippen molar-refractivity contribution < 1.29 is 9.18 Å². The molecule has 1 aliphatic rings. The third-order valence-corrected chi connectivity index (χ3v) is 4.43. The Morgan fingerprint density at radius 1 is 1.13 bits per heavy atom. The van der Waals surface area contributed by atoms with Crippen LogP contribution in [-0.4, -0.2) is 11.4 Å². The molecule has 120 valence electrons. The van der Waals surface area contributed by atoms with E-state index < -0.39 is 0 Å². The van der Waals surface area contributed by atoms with Crippen molar-refractivity contribution in [2.45, 2.75) is 32.2 Å². The summed E-state index contributed by atoms with van der Waals surface area (Å²) in [7, 11) is 0. The minimum Gasteiger partial charge on any atom is -0.399 e. The Morgan fingerprint density at radius 2 is 1.78 bits per heavy atom. The van der Waals surface area contributed by atoms with Crippen molar-refractivity contribution in [1.82, 2.24) is 5.32 Å². The lowest BCUT2D eigenvalue weighted by molar-refractivity contribution is 0.0903. The highest BCUT2D eigenvalue weighted by molar-refractivity contribution is 5.97. The van der Waals surface area contributed by atoms with Crippen LogP contribution in [-0.2, 0) is 0 Å². The monoisotopic (exact) mass is 312 g/mol. The normalized spacial score (nSPS) is 14.6. The molecule has 0 heterocycles. The molecule has 1 amide bonds. The van der Waals surface area contributed by atoms with Gasteiger partial charge in [0.25, 0.3) is 5.91 Å². The zero-order valence-corrected chi connectivity index (χ0v) is 13.4. The van der Waals surface area contributed by atoms with E-state index in [2.05, 4.69) is 19.2 Å². The fourth-order valence-electron chi connectivity index (χ4n) is 2.86. The van der Waals surface area contributed by atoms with Crippen molar-refractivity contribution in [1.29, 1.82) is 0 Å². The van der Waals surface area contributed by atoms with E-state index in [4.69, 9.17) is 5.73 Å². The first kappa shape index (κ1) is 15.5. The van der Waals surface area contributed by atoms with Gasteiger partial charge in [0.05, 0.1) is 0 Å². The second-order valence-electron chi connectivity index (χ2n) is 6.80. The van der Waals surface area contributed by atoms with E-state index in [0.29, 0.717) is 17.2 Å². The van der Waals surface area contributed by atoms with Crippen LogP contribution in [0.3, 0.4) is 0 Å². The van der Waals surface area contributed by atoms with Gasteiger partial charge in [-0.3, -0.25) is 4.79 Å². The van der Waals surface area contributed by atoms with Gasteiger partial charge in [0, 0.05) is 16.8 Å². The summed E-state index contributed by atoms with van der Waals surface area (Å²) in [5.41, 5.74) is 8.41. The SMILES string of the molecule is CC(C)(NC(=O)c1cc(N)cc(-c2ccc(F)cc2)c1)C1CC1. The maximum atomic E-state index is 13.1. The summed E-state index contributed by atoms with van der Waals surface area (Å²) in [4.78, 5) is 12.6. The van der Waals surface area contributed by atoms with Gasteiger partial charge in [-0.2, -0.15) is 0 Å². The molecule has 0 spiro atoms. The van der Waals surface area contributed by atoms with Crippen LogP contribution in [0.1, 0.15) is 37.0 Å². The molecule has 1 fully saturated rings. The number of amides is 1. The lowest BCUT2D eigenvalue weighted by atomic mass is 9.97. The maximum Gasteiger partial charge on any atom is 0.251 e. The molecule has 0 bridgehead atoms. The Morgan fingerprint density at radius 3 is 2.39 bits per heavy atom. The molecule has 4 heteroatoms. The molecule has 3 rings (SSSR count). The molecule has 0 saturated heterocycles. The molecule has 0 aliphatic heterocycles. The van der Waals surface area contributed by atoms with E-state index in [1.165, 1.54) is 12.1 Å². The number of anilines is 1. The van der Waals surface area contributed by atoms with Crippen molar-refractivity contribution in [3.8, 4) is 11.1 Å². The second kappa shape index (κ2) is 5.69. The number of halogens is 1. The highest BCUT2D eigenvalue weighted by Crippen LogP contribution is 2.39. The minimum atomic E-state index is -0.290. The van der Waals surface area contributed by atoms with Crippen molar-refractivity contribution in [3.63, 3.8) is 0 Å². The standard InChI is InChI=1S/C19H21FN2O/c1-19(2,15-5-6-15)22-18(23)14-9-13(10-17(21)11-14)12-3-7-16(20)8-4-12/h3-4,7-11,15H,5-6,21H2,1-2H3,(H,22,23). The van der Waals surface area contributed by atoms with E-state index in [-0.39, 0.29) is 17.3 Å². The maximum absolute atomic E-state index is 13.1. The summed E-state index contributed by atoms with van der Waals surface area (Å²) < 4.78 is 13.1. The molecule has 1 aliphatic carbocycles. The number of rotatable bonds is 4. The summed E-state index contributed by atoms with van der Waals surface area (Å²) in [5, 5.41) is 3.10. The fraction of sp³-hybridized carbons (Fsp3) is 0.316. The molecule has 2 aromatic rings. The van der Waals surface area contributed by atoms with Crippen LogP contribution in [0.15, 0.2) is 42.5 Å². The number of benzene rings is 2. The molecule has 0 aromatic heterocycles. The van der Waals surface area contributed by atoms with E-state index in [9.17, 15) is 9.18 Å². The summed E-state index contributed by atoms with van der Waals surface area (Å²) >= 11 is 0. The predicted octanol–water partition coefficient (Wildman–Crippen LogP) is 3.99. The number of carbonyl (C=O) groups excluding carboxylic acids is 1. The Kier molecular flexibility index (Phi) is 3.84. The molecule has 3 N–H and O–H groups in total. The van der Waals surface area contributed by atoms with E-state index in [0.717, 1.165) is 24.0 Å². The van der Waals surface area contributed by atoms with Gasteiger partial charge in [0.15, 0.2) is 0 Å². The lowest BCUT2D eigenvalue weighted by Crippen LogP contribution is -2.45. The molecule has 2 aromatic carbocycles. The average molecular weight is 312 g/mol. The molecular formula is C19H21FN2O. The fourth-order valence-corrected chi connectivity index (χ4v) is 2.86. The molecule has 0 radical (unpaired) electrons. The summed E-state index contributed by atoms with van der Waals surface area (Å²) in [6, 6.07) is 11.4. The second-order valence-corrected chi connectivity index (χ2v) is 6.80. The van der Waals surface area contributed by atoms with Gasteiger partial charge >= 0.3 is 0 Å². The van der Waals surface area contributed by atoms with Crippen LogP contribution in [0.5, 0.6) is 0 Å². The minimum absolute atomic E-state index is 0.127. The summed E-state index contributed by atoms with van der Waals surface area (Å²) in [5.74, 6) is 0.128. The molecular weight excluding hydrogens is 291 g/mol. The third kappa shape index (κ3) is 3.52. The quantitative estimate of drug-likeness (QED) is 0.839. The molecule has 23 heavy (non-hydrogen) atoms. The topological polar surface area (TPSA) is 55.1 Å². The zero-order valence-electron chi connectivity index (χ0n) is 13.4. The van der Waals surface area contributed by atoms with Crippen LogP contribution in [0, 0.1) is 11.7 Å². The largest absolute Gasteiger partial charge is 0.399 e. The number of nitrogens with two attached hydrogens (primary N) is 1. The van der Waals surface area contributed by atoms with E-state index in [1.54, 1.807) is 30.3 Å². The van der Waals surface area contributed by atoms with Crippen LogP contribution in [0.25, 0.3) is 11.1 Å². The first-order valence-corrected chi connectivity index (χ1v) is 7.84. The number of hydrogen-bond donors (Lipinski definition) is 2. The van der Waals surface area contributed by atoms with Crippen LogP contribution in [0.2, 0.25) is 0 Å². The van der Waals surface area contributed by atoms with Gasteiger partial charge in [-0.25, -0.2) is 4.39 Å². The number of carbonyl (C=O) groups is 1. The third-order valence-electron chi connectivity index (χ3n) is 4.43. The number of hydrogen-bond acceptors (Lipinski definition) is 2. The van der Waals surface area contributed by atoms with Gasteiger partial charge < -0.3 is 11.1 Å². The van der Waals surface area contributed by atoms with Crippen LogP contribution in [0.4, 0.5) is 10.1 Å². The van der Waals surface area contributed by atoms with Gasteiger partial charge in [-0.1, -0.05) is 12.1 Å². The van der Waals surface area contributed by atoms with Gasteiger partial charge in [0.1, 0.15) is 5.82 Å². The van der Waals surface area contributed by atoms with Crippen molar-refractivity contribution in [2.24, 2.45) is 5.92 Å². The molecule has 1 saturated carbocycles. The Bertz CT molecular complexity index is 734. The average Bonchev–Trinajstić information content (AvgIpc) is 3.32. The number of nitrogens with one attached hydrogen (secondary N) is 1. The smallest absolute Gasteiger partial charge is 0.251 e. The van der Waals surface area contributed by atoms with Gasteiger partial charge in [-0.05, 0) is 74.1 Å². The van der Waals surface area contributed by atoms with Crippen LogP contribution < -0.4 is 11.1 Å².